The van der Waals surface area contributed by atoms with E-state index in [1.807, 2.05) is 0 Å². The maximum Gasteiger partial charge on any atom is 0.242 e. The summed E-state index contributed by atoms with van der Waals surface area (Å²) in [6.45, 7) is 0.255. The van der Waals surface area contributed by atoms with Crippen molar-refractivity contribution >= 4 is 52.6 Å². The molecule has 0 bridgehead atoms. The number of anilines is 1. The average Bonchev–Trinajstić information content (AvgIpc) is 3.29. The molecule has 0 spiro atoms. The third-order valence-corrected chi connectivity index (χ3v) is 7.43. The summed E-state index contributed by atoms with van der Waals surface area (Å²) in [7, 11) is 1.74. The Morgan fingerprint density at radius 1 is 1.26 bits per heavy atom. The predicted molar refractivity (Wildman–Crippen MR) is 132 cm³/mol. The van der Waals surface area contributed by atoms with Crippen LogP contribution < -0.4 is 15.4 Å². The van der Waals surface area contributed by atoms with Crippen LogP contribution in [0.4, 0.5) is 10.1 Å². The van der Waals surface area contributed by atoms with Gasteiger partial charge in [0, 0.05) is 24.0 Å². The molecule has 34 heavy (non-hydrogen) atoms. The van der Waals surface area contributed by atoms with Crippen LogP contribution in [0.3, 0.4) is 0 Å². The van der Waals surface area contributed by atoms with Crippen molar-refractivity contribution in [2.45, 2.75) is 25.0 Å². The number of thiazole rings is 1. The van der Waals surface area contributed by atoms with Crippen molar-refractivity contribution in [2.24, 2.45) is 0 Å². The number of rotatable bonds is 6. The van der Waals surface area contributed by atoms with Gasteiger partial charge in [0.05, 0.1) is 22.5 Å². The smallest absolute Gasteiger partial charge is 0.242 e. The Morgan fingerprint density at radius 2 is 2.03 bits per heavy atom. The van der Waals surface area contributed by atoms with Crippen LogP contribution in [0.15, 0.2) is 48.7 Å². The number of nitrogens with zero attached hydrogens (tertiary/aromatic N) is 2. The monoisotopic (exact) mass is 521 g/mol. The minimum absolute atomic E-state index is 0.0844. The second-order valence-corrected chi connectivity index (χ2v) is 10.1. The number of halogens is 2. The van der Waals surface area contributed by atoms with Gasteiger partial charge in [-0.05, 0) is 61.5 Å². The zero-order chi connectivity index (χ0) is 24.2. The molecule has 1 saturated heterocycles. The molecule has 8 nitrogen and oxygen atoms in total. The standard InChI is InChI=1S/C22H21ClFN5O3S2/c1-29-18(22(32)27-13-4-7-16(24)15(23)8-13)9-17(28-34-29)21(31)26-11-20-25-10-19(33-20)12-2-5-14(30)6-3-12/h2-8,10,17-18,28,30H,9,11H2,1H3,(H,26,31)(H,27,32). The Morgan fingerprint density at radius 3 is 2.76 bits per heavy atom. The Balaban J connectivity index is 1.33. The van der Waals surface area contributed by atoms with Crippen LogP contribution in [0.5, 0.6) is 5.75 Å². The topological polar surface area (TPSA) is 107 Å². The molecule has 2 heterocycles. The number of carbonyl (C=O) groups is 2. The van der Waals surface area contributed by atoms with Gasteiger partial charge in [0.1, 0.15) is 22.6 Å². The van der Waals surface area contributed by atoms with E-state index >= 15 is 0 Å². The highest BCUT2D eigenvalue weighted by Gasteiger charge is 2.35. The zero-order valence-corrected chi connectivity index (χ0v) is 20.3. The largest absolute Gasteiger partial charge is 0.508 e. The number of aromatic nitrogens is 1. The number of hydrogen-bond donors (Lipinski definition) is 4. The van der Waals surface area contributed by atoms with E-state index in [2.05, 4.69) is 20.3 Å². The first-order valence-electron chi connectivity index (χ1n) is 10.2. The van der Waals surface area contributed by atoms with Gasteiger partial charge in [-0.15, -0.1) is 11.3 Å². The number of hydrogen-bond acceptors (Lipinski definition) is 8. The first-order chi connectivity index (χ1) is 16.3. The van der Waals surface area contributed by atoms with Crippen LogP contribution in [-0.2, 0) is 16.1 Å². The van der Waals surface area contributed by atoms with E-state index in [9.17, 15) is 19.1 Å². The summed E-state index contributed by atoms with van der Waals surface area (Å²) < 4.78 is 18.1. The molecule has 3 aromatic rings. The number of likely N-dealkylation sites (N-methyl/N-ethyl adjacent to an activating group) is 1. The minimum atomic E-state index is -0.592. The Kier molecular flexibility index (Phi) is 7.69. The van der Waals surface area contributed by atoms with Crippen molar-refractivity contribution in [3.8, 4) is 16.2 Å². The lowest BCUT2D eigenvalue weighted by Crippen LogP contribution is -2.53. The Labute approximate surface area is 208 Å². The maximum absolute atomic E-state index is 13.4. The molecule has 2 aromatic carbocycles. The number of phenolic OH excluding ortho intramolecular Hbond substituents is 1. The third-order valence-electron chi connectivity index (χ3n) is 5.16. The Bertz CT molecular complexity index is 1190. The summed E-state index contributed by atoms with van der Waals surface area (Å²) in [4.78, 5) is 30.8. The van der Waals surface area contributed by atoms with Crippen molar-refractivity contribution < 1.29 is 19.1 Å². The fraction of sp³-hybridized carbons (Fsp3) is 0.227. The molecule has 1 aliphatic heterocycles. The summed E-state index contributed by atoms with van der Waals surface area (Å²) >= 11 is 8.41. The molecule has 4 N–H and O–H groups in total. The van der Waals surface area contributed by atoms with Gasteiger partial charge in [-0.2, -0.15) is 0 Å². The predicted octanol–water partition coefficient (Wildman–Crippen LogP) is 3.79. The first kappa shape index (κ1) is 24.4. The highest BCUT2D eigenvalue weighted by molar-refractivity contribution is 7.95. The molecule has 0 radical (unpaired) electrons. The van der Waals surface area contributed by atoms with E-state index in [0.717, 1.165) is 15.4 Å². The molecule has 1 aliphatic rings. The van der Waals surface area contributed by atoms with Gasteiger partial charge in [-0.1, -0.05) is 11.6 Å². The molecule has 2 amide bonds. The van der Waals surface area contributed by atoms with Gasteiger partial charge >= 0.3 is 0 Å². The van der Waals surface area contributed by atoms with Crippen LogP contribution in [0.2, 0.25) is 5.02 Å². The van der Waals surface area contributed by atoms with E-state index in [4.69, 9.17) is 11.6 Å². The summed E-state index contributed by atoms with van der Waals surface area (Å²) in [5, 5.41) is 15.7. The van der Waals surface area contributed by atoms with Gasteiger partial charge < -0.3 is 15.7 Å². The highest BCUT2D eigenvalue weighted by Crippen LogP contribution is 2.28. The van der Waals surface area contributed by atoms with E-state index in [-0.39, 0.29) is 35.6 Å². The van der Waals surface area contributed by atoms with Crippen molar-refractivity contribution in [2.75, 3.05) is 12.4 Å². The fourth-order valence-electron chi connectivity index (χ4n) is 3.30. The normalized spacial score (nSPS) is 18.4. The third kappa shape index (κ3) is 5.86. The van der Waals surface area contributed by atoms with Crippen molar-refractivity contribution in [1.29, 1.82) is 0 Å². The number of carbonyl (C=O) groups excluding carboxylic acids is 2. The number of amides is 2. The quantitative estimate of drug-likeness (QED) is 0.366. The molecule has 178 valence electrons. The van der Waals surface area contributed by atoms with E-state index in [1.54, 1.807) is 41.8 Å². The summed E-state index contributed by atoms with van der Waals surface area (Å²) in [5.41, 5.74) is 1.31. The number of phenols is 1. The summed E-state index contributed by atoms with van der Waals surface area (Å²) in [6.07, 6.45) is 1.97. The molecule has 1 aromatic heterocycles. The maximum atomic E-state index is 13.4. The van der Waals surface area contributed by atoms with E-state index in [1.165, 1.54) is 41.7 Å². The number of benzene rings is 2. The lowest BCUT2D eigenvalue weighted by Gasteiger charge is -2.34. The molecule has 0 saturated carbocycles. The van der Waals surface area contributed by atoms with Gasteiger partial charge in [-0.25, -0.2) is 18.4 Å². The molecule has 0 aliphatic carbocycles. The molecule has 2 unspecified atom stereocenters. The van der Waals surface area contributed by atoms with E-state index < -0.39 is 17.9 Å². The van der Waals surface area contributed by atoms with Gasteiger partial charge in [0.25, 0.3) is 0 Å². The molecule has 2 atom stereocenters. The first-order valence-corrected chi connectivity index (χ1v) is 12.2. The van der Waals surface area contributed by atoms with Crippen LogP contribution >= 0.6 is 35.1 Å². The summed E-state index contributed by atoms with van der Waals surface area (Å²) in [5.74, 6) is -0.945. The highest BCUT2D eigenvalue weighted by atomic mass is 35.5. The zero-order valence-electron chi connectivity index (χ0n) is 17.9. The van der Waals surface area contributed by atoms with Crippen LogP contribution in [0, 0.1) is 5.82 Å². The van der Waals surface area contributed by atoms with Gasteiger partial charge in [0.2, 0.25) is 11.8 Å². The van der Waals surface area contributed by atoms with E-state index in [0.29, 0.717) is 5.69 Å². The number of aromatic hydroxyl groups is 1. The molecular weight excluding hydrogens is 501 g/mol. The molecule has 12 heteroatoms. The molecular formula is C22H21ClFN5O3S2. The minimum Gasteiger partial charge on any atom is -0.508 e. The second kappa shape index (κ2) is 10.7. The van der Waals surface area contributed by atoms with Gasteiger partial charge in [0.15, 0.2) is 0 Å². The van der Waals surface area contributed by atoms with Crippen molar-refractivity contribution in [3.05, 3.63) is 64.5 Å². The fourth-order valence-corrected chi connectivity index (χ4v) is 5.15. The van der Waals surface area contributed by atoms with Crippen molar-refractivity contribution in [1.82, 2.24) is 19.3 Å². The van der Waals surface area contributed by atoms with Crippen LogP contribution in [-0.4, -0.2) is 45.3 Å². The Hall–Kier alpha value is -2.70. The lowest BCUT2D eigenvalue weighted by atomic mass is 10.1. The lowest BCUT2D eigenvalue weighted by molar-refractivity contribution is -0.124. The summed E-state index contributed by atoms with van der Waals surface area (Å²) in [6, 6.07) is 9.59. The SMILES string of the molecule is CN1SNC(C(=O)NCc2ncc(-c3ccc(O)cc3)s2)CC1C(=O)Nc1ccc(F)c(Cl)c1. The van der Waals surface area contributed by atoms with Crippen LogP contribution in [0.1, 0.15) is 11.4 Å². The number of nitrogens with one attached hydrogen (secondary N) is 3. The molecule has 4 rings (SSSR count). The second-order valence-electron chi connectivity index (χ2n) is 7.56. The van der Waals surface area contributed by atoms with Gasteiger partial charge in [-0.3, -0.25) is 9.59 Å². The van der Waals surface area contributed by atoms with Crippen molar-refractivity contribution in [3.63, 3.8) is 0 Å². The van der Waals surface area contributed by atoms with Crippen LogP contribution in [0.25, 0.3) is 10.4 Å². The average molecular weight is 522 g/mol. The molecule has 1 fully saturated rings.